The predicted octanol–water partition coefficient (Wildman–Crippen LogP) is 4.65. The van der Waals surface area contributed by atoms with E-state index in [2.05, 4.69) is 28.5 Å². The van der Waals surface area contributed by atoms with Crippen LogP contribution in [0.5, 0.6) is 0 Å². The van der Waals surface area contributed by atoms with Gasteiger partial charge in [0.1, 0.15) is 0 Å². The molecule has 0 spiro atoms. The summed E-state index contributed by atoms with van der Waals surface area (Å²) >= 11 is 0. The molecule has 4 unspecified atom stereocenters. The van der Waals surface area contributed by atoms with Crippen molar-refractivity contribution in [1.29, 1.82) is 0 Å². The van der Waals surface area contributed by atoms with E-state index in [9.17, 15) is 4.79 Å². The van der Waals surface area contributed by atoms with Crippen molar-refractivity contribution in [1.82, 2.24) is 4.98 Å². The predicted molar refractivity (Wildman–Crippen MR) is 109 cm³/mol. The molecule has 0 aliphatic carbocycles. The second-order valence-electron chi connectivity index (χ2n) is 7.56. The van der Waals surface area contributed by atoms with Gasteiger partial charge in [0.05, 0.1) is 18.1 Å². The number of anilines is 1. The van der Waals surface area contributed by atoms with Crippen molar-refractivity contribution < 1.29 is 9.53 Å². The van der Waals surface area contributed by atoms with Gasteiger partial charge in [-0.25, -0.2) is 0 Å². The minimum atomic E-state index is -0.170. The first-order chi connectivity index (χ1) is 13.8. The lowest BCUT2D eigenvalue weighted by molar-refractivity contribution is -0.121. The van der Waals surface area contributed by atoms with Crippen LogP contribution in [0.3, 0.4) is 0 Å². The van der Waals surface area contributed by atoms with Gasteiger partial charge in [0, 0.05) is 24.0 Å². The number of ether oxygens (including phenoxy) is 1. The molecule has 2 aromatic carbocycles. The van der Waals surface area contributed by atoms with E-state index < -0.39 is 0 Å². The smallest absolute Gasteiger partial charge is 0.230 e. The number of aromatic nitrogens is 1. The van der Waals surface area contributed by atoms with E-state index in [1.54, 1.807) is 6.20 Å². The van der Waals surface area contributed by atoms with Crippen LogP contribution in [-0.2, 0) is 9.53 Å². The lowest BCUT2D eigenvalue weighted by Gasteiger charge is -2.27. The number of benzene rings is 2. The Morgan fingerprint density at radius 2 is 1.64 bits per heavy atom. The third-order valence-electron chi connectivity index (χ3n) is 5.90. The number of amides is 1. The van der Waals surface area contributed by atoms with Gasteiger partial charge in [-0.3, -0.25) is 9.78 Å². The zero-order valence-corrected chi connectivity index (χ0v) is 15.5. The first-order valence-electron chi connectivity index (χ1n) is 9.81. The number of rotatable bonds is 4. The molecule has 5 rings (SSSR count). The maximum absolute atomic E-state index is 13.1. The SMILES string of the molecule is O=C(Nc1ccc(-c2ccccc2)cc1)C1C2CCC(O2)C1c1cccnc1. The highest BCUT2D eigenvalue weighted by Crippen LogP contribution is 2.49. The molecule has 28 heavy (non-hydrogen) atoms. The summed E-state index contributed by atoms with van der Waals surface area (Å²) in [6, 6.07) is 22.2. The summed E-state index contributed by atoms with van der Waals surface area (Å²) in [5.41, 5.74) is 4.21. The fraction of sp³-hybridized carbons (Fsp3) is 0.250. The van der Waals surface area contributed by atoms with Crippen LogP contribution in [-0.4, -0.2) is 23.1 Å². The minimum absolute atomic E-state index is 0.00111. The Kier molecular flexibility index (Phi) is 4.41. The van der Waals surface area contributed by atoms with E-state index in [4.69, 9.17) is 4.74 Å². The molecular formula is C24H22N2O2. The lowest BCUT2D eigenvalue weighted by Crippen LogP contribution is -2.36. The number of nitrogens with zero attached hydrogens (tertiary/aromatic N) is 1. The number of carbonyl (C=O) groups excluding carboxylic acids is 1. The van der Waals surface area contributed by atoms with Gasteiger partial charge < -0.3 is 10.1 Å². The Balaban J connectivity index is 1.35. The molecule has 4 heteroatoms. The quantitative estimate of drug-likeness (QED) is 0.727. The van der Waals surface area contributed by atoms with Crippen LogP contribution < -0.4 is 5.32 Å². The van der Waals surface area contributed by atoms with Crippen LogP contribution in [0.15, 0.2) is 79.1 Å². The Morgan fingerprint density at radius 3 is 2.39 bits per heavy atom. The molecule has 2 saturated heterocycles. The van der Waals surface area contributed by atoms with E-state index in [0.29, 0.717) is 0 Å². The van der Waals surface area contributed by atoms with Crippen LogP contribution in [0.2, 0.25) is 0 Å². The number of hydrogen-bond acceptors (Lipinski definition) is 3. The Hall–Kier alpha value is -2.98. The van der Waals surface area contributed by atoms with Gasteiger partial charge in [-0.2, -0.15) is 0 Å². The molecule has 1 amide bonds. The molecule has 4 nitrogen and oxygen atoms in total. The molecule has 4 atom stereocenters. The normalized spacial score (nSPS) is 25.6. The number of fused-ring (bicyclic) bond motifs is 2. The molecular weight excluding hydrogens is 348 g/mol. The topological polar surface area (TPSA) is 51.2 Å². The minimum Gasteiger partial charge on any atom is -0.373 e. The lowest BCUT2D eigenvalue weighted by atomic mass is 9.75. The van der Waals surface area contributed by atoms with Gasteiger partial charge in [-0.1, -0.05) is 48.5 Å². The van der Waals surface area contributed by atoms with E-state index >= 15 is 0 Å². The summed E-state index contributed by atoms with van der Waals surface area (Å²) in [4.78, 5) is 17.4. The summed E-state index contributed by atoms with van der Waals surface area (Å²) in [5.74, 6) is -0.0543. The highest BCUT2D eigenvalue weighted by atomic mass is 16.5. The standard InChI is InChI=1S/C24H22N2O2/c27-24(26-19-10-8-17(9-11-19)16-5-2-1-3-6-16)23-21-13-12-20(28-21)22(23)18-7-4-14-25-15-18/h1-11,14-15,20-23H,12-13H2,(H,26,27). The van der Waals surface area contributed by atoms with Crippen LogP contribution in [0.25, 0.3) is 11.1 Å². The zero-order chi connectivity index (χ0) is 18.9. The number of hydrogen-bond donors (Lipinski definition) is 1. The first kappa shape index (κ1) is 17.1. The largest absolute Gasteiger partial charge is 0.373 e. The van der Waals surface area contributed by atoms with Gasteiger partial charge in [0.2, 0.25) is 5.91 Å². The maximum atomic E-state index is 13.1. The molecule has 3 aromatic rings. The number of carbonyl (C=O) groups is 1. The average Bonchev–Trinajstić information content (AvgIpc) is 3.37. The molecule has 1 N–H and O–H groups in total. The number of pyridine rings is 1. The van der Waals surface area contributed by atoms with Crippen LogP contribution in [0.1, 0.15) is 24.3 Å². The summed E-state index contributed by atoms with van der Waals surface area (Å²) in [7, 11) is 0. The van der Waals surface area contributed by atoms with Crippen LogP contribution >= 0.6 is 0 Å². The fourth-order valence-corrected chi connectivity index (χ4v) is 4.61. The van der Waals surface area contributed by atoms with E-state index in [-0.39, 0.29) is 30.0 Å². The molecule has 1 aromatic heterocycles. The zero-order valence-electron chi connectivity index (χ0n) is 15.5. The highest BCUT2D eigenvalue weighted by Gasteiger charge is 2.52. The van der Waals surface area contributed by atoms with Crippen LogP contribution in [0.4, 0.5) is 5.69 Å². The molecule has 2 aliphatic rings. The molecule has 3 heterocycles. The first-order valence-corrected chi connectivity index (χ1v) is 9.81. The third kappa shape index (κ3) is 3.10. The fourth-order valence-electron chi connectivity index (χ4n) is 4.61. The van der Waals surface area contributed by atoms with E-state index in [0.717, 1.165) is 29.7 Å². The average molecular weight is 370 g/mol. The van der Waals surface area contributed by atoms with Crippen molar-refractivity contribution in [3.8, 4) is 11.1 Å². The van der Waals surface area contributed by atoms with Crippen molar-refractivity contribution in [2.75, 3.05) is 5.32 Å². The van der Waals surface area contributed by atoms with Gasteiger partial charge in [-0.05, 0) is 47.7 Å². The summed E-state index contributed by atoms with van der Waals surface area (Å²) in [6.45, 7) is 0. The van der Waals surface area contributed by atoms with Crippen molar-refractivity contribution in [2.24, 2.45) is 5.92 Å². The molecule has 2 bridgehead atoms. The van der Waals surface area contributed by atoms with Gasteiger partial charge >= 0.3 is 0 Å². The van der Waals surface area contributed by atoms with Crippen molar-refractivity contribution in [3.63, 3.8) is 0 Å². The monoisotopic (exact) mass is 370 g/mol. The Labute approximate surface area is 164 Å². The molecule has 0 radical (unpaired) electrons. The highest BCUT2D eigenvalue weighted by molar-refractivity contribution is 5.94. The molecule has 2 aliphatic heterocycles. The molecule has 2 fully saturated rings. The second-order valence-corrected chi connectivity index (χ2v) is 7.56. The summed E-state index contributed by atoms with van der Waals surface area (Å²) < 4.78 is 6.10. The van der Waals surface area contributed by atoms with Gasteiger partial charge in [-0.15, -0.1) is 0 Å². The Bertz CT molecular complexity index is 957. The Morgan fingerprint density at radius 1 is 0.893 bits per heavy atom. The van der Waals surface area contributed by atoms with Crippen molar-refractivity contribution in [3.05, 3.63) is 84.7 Å². The molecule has 0 saturated carbocycles. The summed E-state index contributed by atoms with van der Waals surface area (Å²) in [5, 5.41) is 3.11. The molecule has 140 valence electrons. The number of nitrogens with one attached hydrogen (secondary N) is 1. The van der Waals surface area contributed by atoms with Crippen molar-refractivity contribution in [2.45, 2.75) is 31.0 Å². The second kappa shape index (κ2) is 7.21. The maximum Gasteiger partial charge on any atom is 0.230 e. The van der Waals surface area contributed by atoms with Gasteiger partial charge in [0.25, 0.3) is 0 Å². The van der Waals surface area contributed by atoms with Crippen molar-refractivity contribution >= 4 is 11.6 Å². The van der Waals surface area contributed by atoms with E-state index in [1.165, 1.54) is 5.56 Å². The van der Waals surface area contributed by atoms with E-state index in [1.807, 2.05) is 54.7 Å². The third-order valence-corrected chi connectivity index (χ3v) is 5.90. The van der Waals surface area contributed by atoms with Crippen LogP contribution in [0, 0.1) is 5.92 Å². The van der Waals surface area contributed by atoms with Gasteiger partial charge in [0.15, 0.2) is 0 Å². The summed E-state index contributed by atoms with van der Waals surface area (Å²) in [6.07, 6.45) is 5.71.